The average molecular weight is 525 g/mol. The largest absolute Gasteiger partial charge is 0.495 e. The van der Waals surface area contributed by atoms with E-state index in [-0.39, 0.29) is 29.5 Å². The number of esters is 1. The molecule has 12 heteroatoms. The van der Waals surface area contributed by atoms with Gasteiger partial charge in [-0.15, -0.1) is 0 Å². The van der Waals surface area contributed by atoms with Crippen LogP contribution in [0.3, 0.4) is 0 Å². The van der Waals surface area contributed by atoms with Crippen LogP contribution < -0.4 is 14.9 Å². The van der Waals surface area contributed by atoms with Crippen molar-refractivity contribution in [1.29, 1.82) is 5.26 Å². The Morgan fingerprint density at radius 1 is 1.19 bits per heavy atom. The summed E-state index contributed by atoms with van der Waals surface area (Å²) in [4.78, 5) is 11.7. The summed E-state index contributed by atoms with van der Waals surface area (Å²) >= 11 is 3.32. The van der Waals surface area contributed by atoms with Gasteiger partial charge in [0.15, 0.2) is 0 Å². The van der Waals surface area contributed by atoms with Gasteiger partial charge in [-0.2, -0.15) is 10.4 Å². The highest BCUT2D eigenvalue weighted by Gasteiger charge is 2.22. The van der Waals surface area contributed by atoms with Crippen molar-refractivity contribution in [2.75, 3.05) is 37.6 Å². The molecule has 170 valence electrons. The molecule has 2 aromatic carbocycles. The Bertz CT molecular complexity index is 1160. The van der Waals surface area contributed by atoms with Gasteiger partial charge in [0.05, 0.1) is 25.1 Å². The van der Waals surface area contributed by atoms with E-state index in [1.54, 1.807) is 18.2 Å². The number of nitrogens with one attached hydrogen (secondary N) is 2. The number of sulfonamides is 1. The van der Waals surface area contributed by atoms with E-state index in [0.29, 0.717) is 10.2 Å². The van der Waals surface area contributed by atoms with Gasteiger partial charge in [0, 0.05) is 11.6 Å². The maximum absolute atomic E-state index is 13.0. The molecule has 32 heavy (non-hydrogen) atoms. The van der Waals surface area contributed by atoms with Gasteiger partial charge < -0.3 is 14.2 Å². The third kappa shape index (κ3) is 6.68. The highest BCUT2D eigenvalue weighted by atomic mass is 79.9. The molecule has 0 aliphatic heterocycles. The van der Waals surface area contributed by atoms with Crippen molar-refractivity contribution in [3.8, 4) is 11.8 Å². The van der Waals surface area contributed by atoms with Crippen LogP contribution in [0.25, 0.3) is 0 Å². The molecule has 2 N–H and O–H groups in total. The fraction of sp³-hybridized carbons (Fsp3) is 0.250. The lowest BCUT2D eigenvalue weighted by atomic mass is 10.2. The Morgan fingerprint density at radius 2 is 1.94 bits per heavy atom. The van der Waals surface area contributed by atoms with Crippen LogP contribution >= 0.6 is 15.9 Å². The first-order chi connectivity index (χ1) is 15.2. The molecule has 0 bridgehead atoms. The number of nitriles is 1. The smallest absolute Gasteiger partial charge is 0.369 e. The van der Waals surface area contributed by atoms with E-state index in [1.807, 2.05) is 13.0 Å². The number of hydrogen-bond donors (Lipinski definition) is 2. The second-order valence-electron chi connectivity index (χ2n) is 6.27. The van der Waals surface area contributed by atoms with Crippen LogP contribution in [0.1, 0.15) is 5.56 Å². The lowest BCUT2D eigenvalue weighted by Gasteiger charge is -2.14. The lowest BCUT2D eigenvalue weighted by Crippen LogP contribution is -2.19. The Morgan fingerprint density at radius 3 is 2.59 bits per heavy atom. The zero-order valence-corrected chi connectivity index (χ0v) is 19.9. The minimum Gasteiger partial charge on any atom is -0.495 e. The molecule has 0 aliphatic rings. The zero-order chi connectivity index (χ0) is 23.7. The molecule has 0 radical (unpaired) electrons. The van der Waals surface area contributed by atoms with Crippen molar-refractivity contribution >= 4 is 49.0 Å². The molecule has 0 aliphatic carbocycles. The van der Waals surface area contributed by atoms with Gasteiger partial charge in [-0.25, -0.2) is 13.2 Å². The molecular weight excluding hydrogens is 504 g/mol. The molecule has 0 fully saturated rings. The summed E-state index contributed by atoms with van der Waals surface area (Å²) in [6, 6.07) is 11.0. The molecule has 0 saturated carbocycles. The van der Waals surface area contributed by atoms with Crippen molar-refractivity contribution in [2.24, 2.45) is 5.10 Å². The van der Waals surface area contributed by atoms with E-state index in [1.165, 1.54) is 32.4 Å². The van der Waals surface area contributed by atoms with Crippen molar-refractivity contribution in [2.45, 2.75) is 11.8 Å². The number of rotatable bonds is 10. The van der Waals surface area contributed by atoms with Crippen LogP contribution in [0.5, 0.6) is 5.75 Å². The van der Waals surface area contributed by atoms with E-state index in [9.17, 15) is 13.2 Å². The highest BCUT2D eigenvalue weighted by molar-refractivity contribution is 9.10. The number of carbonyl (C=O) groups is 1. The Balaban J connectivity index is 2.31. The average Bonchev–Trinajstić information content (AvgIpc) is 2.76. The summed E-state index contributed by atoms with van der Waals surface area (Å²) < 4.78 is 43.9. The molecule has 0 unspecified atom stereocenters. The Kier molecular flexibility index (Phi) is 9.01. The van der Waals surface area contributed by atoms with E-state index < -0.39 is 21.7 Å². The number of hydrogen-bond acceptors (Lipinski definition) is 9. The highest BCUT2D eigenvalue weighted by Crippen LogP contribution is 2.31. The van der Waals surface area contributed by atoms with E-state index in [2.05, 4.69) is 31.2 Å². The Hall–Kier alpha value is -3.14. The number of anilines is 2. The molecule has 0 heterocycles. The van der Waals surface area contributed by atoms with Crippen LogP contribution in [0.2, 0.25) is 0 Å². The van der Waals surface area contributed by atoms with Crippen LogP contribution in [0.4, 0.5) is 11.4 Å². The van der Waals surface area contributed by atoms with Crippen LogP contribution in [0, 0.1) is 18.3 Å². The summed E-state index contributed by atoms with van der Waals surface area (Å²) in [5.41, 5.74) is 3.37. The first kappa shape index (κ1) is 25.1. The number of aryl methyl sites for hydroxylation is 1. The van der Waals surface area contributed by atoms with Crippen LogP contribution in [-0.4, -0.2) is 47.5 Å². The number of methoxy groups -OCH3 is 2. The number of carbonyl (C=O) groups excluding carboxylic acids is 1. The molecule has 0 atom stereocenters. The quantitative estimate of drug-likeness (QED) is 0.209. The maximum Gasteiger partial charge on any atom is 0.369 e. The van der Waals surface area contributed by atoms with Crippen LogP contribution in [0.15, 0.2) is 50.9 Å². The number of hydrazone groups is 1. The minimum absolute atomic E-state index is 0.0405. The van der Waals surface area contributed by atoms with Gasteiger partial charge in [-0.1, -0.05) is 6.07 Å². The summed E-state index contributed by atoms with van der Waals surface area (Å²) in [5.74, 6) is -0.848. The van der Waals surface area contributed by atoms with E-state index >= 15 is 0 Å². The zero-order valence-electron chi connectivity index (χ0n) is 17.5. The second kappa shape index (κ2) is 11.5. The fourth-order valence-electron chi connectivity index (χ4n) is 2.40. The summed E-state index contributed by atoms with van der Waals surface area (Å²) in [5, 5.41) is 12.8. The molecule has 0 amide bonds. The number of nitrogens with zero attached hydrogens (tertiary/aromatic N) is 2. The third-order valence-corrected chi connectivity index (χ3v) is 6.01. The fourth-order valence-corrected chi connectivity index (χ4v) is 4.14. The topological polar surface area (TPSA) is 139 Å². The molecule has 0 spiro atoms. The van der Waals surface area contributed by atoms with Gasteiger partial charge >= 0.3 is 5.97 Å². The molecule has 2 rings (SSSR count). The summed E-state index contributed by atoms with van der Waals surface area (Å²) in [7, 11) is -1.28. The molecule has 10 nitrogen and oxygen atoms in total. The lowest BCUT2D eigenvalue weighted by molar-refractivity contribution is -0.136. The standard InChI is InChI=1S/C20H21BrN4O6S/c1-13-4-6-15(21)16(10-13)25-32(27,28)19-11-14(5-7-18(19)30-3)23-24-17(12-22)20(26)31-9-8-29-2/h4-7,10-11,23,25H,8-9H2,1-3H3/b24-17+. The van der Waals surface area contributed by atoms with Gasteiger partial charge in [-0.3, -0.25) is 10.1 Å². The first-order valence-electron chi connectivity index (χ1n) is 9.08. The third-order valence-electron chi connectivity index (χ3n) is 3.94. The Labute approximate surface area is 194 Å². The molecular formula is C20H21BrN4O6S. The van der Waals surface area contributed by atoms with Crippen molar-refractivity contribution in [3.63, 3.8) is 0 Å². The van der Waals surface area contributed by atoms with Crippen molar-refractivity contribution in [3.05, 3.63) is 46.4 Å². The first-order valence-corrected chi connectivity index (χ1v) is 11.4. The van der Waals surface area contributed by atoms with E-state index in [0.717, 1.165) is 5.56 Å². The number of halogens is 1. The van der Waals surface area contributed by atoms with Gasteiger partial charge in [0.1, 0.15) is 23.3 Å². The number of benzene rings is 2. The number of ether oxygens (including phenoxy) is 3. The van der Waals surface area contributed by atoms with Crippen LogP contribution in [-0.2, 0) is 24.3 Å². The van der Waals surface area contributed by atoms with Gasteiger partial charge in [0.25, 0.3) is 10.0 Å². The summed E-state index contributed by atoms with van der Waals surface area (Å²) in [6.07, 6.45) is 0. The van der Waals surface area contributed by atoms with E-state index in [4.69, 9.17) is 19.5 Å². The normalized spacial score (nSPS) is 11.4. The monoisotopic (exact) mass is 524 g/mol. The molecule has 2 aromatic rings. The maximum atomic E-state index is 13.0. The van der Waals surface area contributed by atoms with Gasteiger partial charge in [-0.05, 0) is 58.7 Å². The van der Waals surface area contributed by atoms with Gasteiger partial charge in [0.2, 0.25) is 5.71 Å². The predicted molar refractivity (Wildman–Crippen MR) is 122 cm³/mol. The minimum atomic E-state index is -4.06. The molecule has 0 aromatic heterocycles. The van der Waals surface area contributed by atoms with Crippen molar-refractivity contribution in [1.82, 2.24) is 0 Å². The summed E-state index contributed by atoms with van der Waals surface area (Å²) in [6.45, 7) is 1.96. The molecule has 0 saturated heterocycles. The second-order valence-corrected chi connectivity index (χ2v) is 8.77. The van der Waals surface area contributed by atoms with Crippen molar-refractivity contribution < 1.29 is 27.4 Å². The SMILES string of the molecule is COCCOC(=O)/C(C#N)=N/Nc1ccc(OC)c(S(=O)(=O)Nc2cc(C)ccc2Br)c1. The predicted octanol–water partition coefficient (Wildman–Crippen LogP) is 3.05.